The van der Waals surface area contributed by atoms with Crippen LogP contribution in [0.3, 0.4) is 0 Å². The lowest BCUT2D eigenvalue weighted by atomic mass is 9.49. The van der Waals surface area contributed by atoms with Crippen molar-refractivity contribution in [3.8, 4) is 0 Å². The molecule has 4 nitrogen and oxygen atoms in total. The molecular formula is C28H48O4. The van der Waals surface area contributed by atoms with Crippen molar-refractivity contribution in [1.29, 1.82) is 0 Å². The van der Waals surface area contributed by atoms with Gasteiger partial charge >= 0.3 is 11.9 Å². The van der Waals surface area contributed by atoms with Gasteiger partial charge in [0.2, 0.25) is 0 Å². The van der Waals surface area contributed by atoms with E-state index < -0.39 is 17.4 Å². The van der Waals surface area contributed by atoms with E-state index in [1.807, 2.05) is 0 Å². The van der Waals surface area contributed by atoms with Crippen LogP contribution in [0.1, 0.15) is 119 Å². The summed E-state index contributed by atoms with van der Waals surface area (Å²) in [4.78, 5) is 24.9. The van der Waals surface area contributed by atoms with Crippen LogP contribution in [0, 0.1) is 22.7 Å². The fourth-order valence-electron chi connectivity index (χ4n) is 6.23. The zero-order valence-corrected chi connectivity index (χ0v) is 21.5. The number of aliphatic carboxylic acids is 2. The van der Waals surface area contributed by atoms with E-state index in [0.29, 0.717) is 18.3 Å². The number of hydrogen-bond acceptors (Lipinski definition) is 2. The summed E-state index contributed by atoms with van der Waals surface area (Å²) in [6, 6.07) is 0. The average molecular weight is 449 g/mol. The molecule has 4 unspecified atom stereocenters. The standard InChI is InChI=1S/C28H48O4/c1-7-13-15-21(9-3)19-27(11-5)18-17-23(25(29)30)24(26(31)32)28(27,12-6)20-22(10-4)16-14-8-2/h17-18,21-22H,7-16,19-20H2,1-6H3,(H,29,30)(H,31,32). The van der Waals surface area contributed by atoms with Crippen molar-refractivity contribution in [3.63, 3.8) is 0 Å². The molecular weight excluding hydrogens is 400 g/mol. The summed E-state index contributed by atoms with van der Waals surface area (Å²) in [5, 5.41) is 20.3. The van der Waals surface area contributed by atoms with Crippen molar-refractivity contribution in [2.45, 2.75) is 119 Å². The minimum Gasteiger partial charge on any atom is -0.478 e. The summed E-state index contributed by atoms with van der Waals surface area (Å²) in [5.74, 6) is -1.27. The minimum atomic E-state index is -1.12. The van der Waals surface area contributed by atoms with Gasteiger partial charge in [0.1, 0.15) is 0 Å². The van der Waals surface area contributed by atoms with Gasteiger partial charge in [-0.1, -0.05) is 105 Å². The highest BCUT2D eigenvalue weighted by Crippen LogP contribution is 2.61. The van der Waals surface area contributed by atoms with E-state index >= 15 is 0 Å². The van der Waals surface area contributed by atoms with Crippen LogP contribution in [0.25, 0.3) is 0 Å². The van der Waals surface area contributed by atoms with E-state index in [9.17, 15) is 19.8 Å². The zero-order chi connectivity index (χ0) is 24.4. The van der Waals surface area contributed by atoms with Gasteiger partial charge in [0.05, 0.1) is 11.1 Å². The molecule has 0 spiro atoms. The summed E-state index contributed by atoms with van der Waals surface area (Å²) >= 11 is 0. The van der Waals surface area contributed by atoms with Crippen LogP contribution in [-0.4, -0.2) is 22.2 Å². The van der Waals surface area contributed by atoms with Crippen molar-refractivity contribution in [1.82, 2.24) is 0 Å². The van der Waals surface area contributed by atoms with Crippen LogP contribution >= 0.6 is 0 Å². The first kappa shape index (κ1) is 28.5. The molecule has 0 heterocycles. The molecule has 0 radical (unpaired) electrons. The van der Waals surface area contributed by atoms with Crippen LogP contribution in [0.15, 0.2) is 23.3 Å². The minimum absolute atomic E-state index is 0.0182. The lowest BCUT2D eigenvalue weighted by Gasteiger charge is -2.54. The first-order chi connectivity index (χ1) is 15.2. The van der Waals surface area contributed by atoms with Gasteiger partial charge in [-0.15, -0.1) is 0 Å². The molecule has 0 aromatic carbocycles. The normalized spacial score (nSPS) is 25.1. The Morgan fingerprint density at radius 3 is 1.72 bits per heavy atom. The smallest absolute Gasteiger partial charge is 0.336 e. The predicted molar refractivity (Wildman–Crippen MR) is 133 cm³/mol. The topological polar surface area (TPSA) is 74.6 Å². The average Bonchev–Trinajstić information content (AvgIpc) is 2.78. The summed E-state index contributed by atoms with van der Waals surface area (Å²) in [7, 11) is 0. The largest absolute Gasteiger partial charge is 0.478 e. The molecule has 184 valence electrons. The van der Waals surface area contributed by atoms with E-state index in [0.717, 1.165) is 64.2 Å². The number of carboxylic acid groups (broad SMARTS) is 2. The van der Waals surface area contributed by atoms with Gasteiger partial charge in [-0.25, -0.2) is 9.59 Å². The van der Waals surface area contributed by atoms with Gasteiger partial charge in [-0.3, -0.25) is 0 Å². The maximum atomic E-state index is 12.7. The second-order valence-corrected chi connectivity index (χ2v) is 9.92. The Morgan fingerprint density at radius 2 is 1.34 bits per heavy atom. The first-order valence-electron chi connectivity index (χ1n) is 13.1. The quantitative estimate of drug-likeness (QED) is 0.250. The van der Waals surface area contributed by atoms with Crippen molar-refractivity contribution >= 4 is 11.9 Å². The lowest BCUT2D eigenvalue weighted by molar-refractivity contribution is -0.138. The Balaban J connectivity index is 3.72. The van der Waals surface area contributed by atoms with Crippen molar-refractivity contribution < 1.29 is 19.8 Å². The van der Waals surface area contributed by atoms with Crippen molar-refractivity contribution in [3.05, 3.63) is 23.3 Å². The van der Waals surface area contributed by atoms with Gasteiger partial charge in [0, 0.05) is 5.41 Å². The van der Waals surface area contributed by atoms with Crippen LogP contribution in [-0.2, 0) is 9.59 Å². The molecule has 0 bridgehead atoms. The van der Waals surface area contributed by atoms with E-state index in [4.69, 9.17) is 0 Å². The fourth-order valence-corrected chi connectivity index (χ4v) is 6.23. The molecule has 0 aromatic rings. The van der Waals surface area contributed by atoms with Crippen molar-refractivity contribution in [2.75, 3.05) is 0 Å². The second-order valence-electron chi connectivity index (χ2n) is 9.92. The summed E-state index contributed by atoms with van der Waals surface area (Å²) < 4.78 is 0. The molecule has 1 aliphatic rings. The van der Waals surface area contributed by atoms with Crippen LogP contribution in [0.2, 0.25) is 0 Å². The van der Waals surface area contributed by atoms with Gasteiger partial charge in [-0.2, -0.15) is 0 Å². The van der Waals surface area contributed by atoms with Gasteiger partial charge in [0.15, 0.2) is 0 Å². The Labute approximate surface area is 196 Å². The molecule has 0 fully saturated rings. The number of hydrogen-bond donors (Lipinski definition) is 2. The molecule has 0 aliphatic heterocycles. The molecule has 1 rings (SSSR count). The molecule has 0 amide bonds. The highest BCUT2D eigenvalue weighted by atomic mass is 16.4. The highest BCUT2D eigenvalue weighted by Gasteiger charge is 2.55. The van der Waals surface area contributed by atoms with Gasteiger partial charge in [0.25, 0.3) is 0 Å². The van der Waals surface area contributed by atoms with E-state index in [2.05, 4.69) is 47.6 Å². The lowest BCUT2D eigenvalue weighted by Crippen LogP contribution is -2.48. The number of carboxylic acids is 2. The summed E-state index contributed by atoms with van der Waals surface area (Å²) in [6.07, 6.45) is 15.7. The third-order valence-electron chi connectivity index (χ3n) is 8.33. The molecule has 4 atom stereocenters. The molecule has 1 aliphatic carbocycles. The van der Waals surface area contributed by atoms with Gasteiger partial charge < -0.3 is 10.2 Å². The molecule has 0 saturated carbocycles. The van der Waals surface area contributed by atoms with E-state index in [1.54, 1.807) is 6.08 Å². The first-order valence-corrected chi connectivity index (χ1v) is 13.1. The Hall–Kier alpha value is -1.58. The SMILES string of the molecule is CCCCC(CC)CC1(CC)C=CC(C(=O)O)=C(C(=O)O)C1(CC)CC(CC)CCCC. The molecule has 4 heteroatoms. The zero-order valence-electron chi connectivity index (χ0n) is 21.5. The van der Waals surface area contributed by atoms with E-state index in [1.165, 1.54) is 6.42 Å². The number of allylic oxidation sites excluding steroid dienone is 1. The molecule has 32 heavy (non-hydrogen) atoms. The maximum Gasteiger partial charge on any atom is 0.336 e. The van der Waals surface area contributed by atoms with Crippen molar-refractivity contribution in [2.24, 2.45) is 22.7 Å². The highest BCUT2D eigenvalue weighted by molar-refractivity contribution is 6.02. The third kappa shape index (κ3) is 6.05. The Kier molecular flexibility index (Phi) is 11.7. The third-order valence-corrected chi connectivity index (χ3v) is 8.33. The fraction of sp³-hybridized carbons (Fsp3) is 0.786. The molecule has 0 saturated heterocycles. The summed E-state index contributed by atoms with van der Waals surface area (Å²) in [6.45, 7) is 13.1. The second kappa shape index (κ2) is 13.2. The predicted octanol–water partition coefficient (Wildman–Crippen LogP) is 8.03. The Bertz CT molecular complexity index is 677. The van der Waals surface area contributed by atoms with E-state index in [-0.39, 0.29) is 16.6 Å². The van der Waals surface area contributed by atoms with Gasteiger partial charge in [-0.05, 0) is 42.9 Å². The Morgan fingerprint density at radius 1 is 0.812 bits per heavy atom. The number of rotatable bonds is 16. The molecule has 2 N–H and O–H groups in total. The van der Waals surface area contributed by atoms with Crippen LogP contribution < -0.4 is 0 Å². The monoisotopic (exact) mass is 448 g/mol. The van der Waals surface area contributed by atoms with Crippen LogP contribution in [0.4, 0.5) is 0 Å². The molecule has 0 aromatic heterocycles. The summed E-state index contributed by atoms with van der Waals surface area (Å²) in [5.41, 5.74) is -0.862. The number of carbonyl (C=O) groups is 2. The maximum absolute atomic E-state index is 12.7. The number of unbranched alkanes of at least 4 members (excludes halogenated alkanes) is 2. The van der Waals surface area contributed by atoms with Crippen LogP contribution in [0.5, 0.6) is 0 Å².